The molecule has 2 aliphatic heterocycles. The molecule has 6 nitrogen and oxygen atoms in total. The lowest BCUT2D eigenvalue weighted by atomic mass is 10.0. The summed E-state index contributed by atoms with van der Waals surface area (Å²) >= 11 is 0. The van der Waals surface area contributed by atoms with E-state index in [9.17, 15) is 4.79 Å². The van der Waals surface area contributed by atoms with Crippen LogP contribution in [-0.2, 0) is 11.3 Å². The second-order valence-corrected chi connectivity index (χ2v) is 6.38. The molecule has 1 N–H and O–H groups in total. The Labute approximate surface area is 140 Å². The van der Waals surface area contributed by atoms with Crippen molar-refractivity contribution in [1.29, 1.82) is 0 Å². The fraction of sp³-hybridized carbons (Fsp3) is 0.444. The van der Waals surface area contributed by atoms with Crippen LogP contribution in [0, 0.1) is 0 Å². The Balaban J connectivity index is 1.47. The van der Waals surface area contributed by atoms with Crippen LogP contribution in [0.2, 0.25) is 0 Å². The second kappa shape index (κ2) is 6.75. The molecule has 2 saturated heterocycles. The zero-order valence-electron chi connectivity index (χ0n) is 13.4. The third-order valence-electron chi connectivity index (χ3n) is 4.81. The average Bonchev–Trinajstić information content (AvgIpc) is 3.25. The first-order valence-corrected chi connectivity index (χ1v) is 8.40. The van der Waals surface area contributed by atoms with Gasteiger partial charge in [-0.3, -0.25) is 14.7 Å². The van der Waals surface area contributed by atoms with Crippen molar-refractivity contribution < 1.29 is 13.9 Å². The number of hydrogen-bond donors (Lipinski definition) is 1. The number of nitrogens with zero attached hydrogens (tertiary/aromatic N) is 2. The molecule has 0 unspecified atom stereocenters. The molecule has 0 saturated carbocycles. The number of aromatic nitrogens is 1. The summed E-state index contributed by atoms with van der Waals surface area (Å²) in [5.41, 5.74) is 0.578. The summed E-state index contributed by atoms with van der Waals surface area (Å²) in [6.45, 7) is 2.27. The van der Waals surface area contributed by atoms with E-state index in [4.69, 9.17) is 9.15 Å². The summed E-state index contributed by atoms with van der Waals surface area (Å²) < 4.78 is 11.5. The number of rotatable bonds is 4. The Bertz CT molecular complexity index is 674. The quantitative estimate of drug-likeness (QED) is 0.928. The van der Waals surface area contributed by atoms with E-state index >= 15 is 0 Å². The Hall–Kier alpha value is -2.18. The van der Waals surface area contributed by atoms with Crippen molar-refractivity contribution in [2.24, 2.45) is 0 Å². The van der Waals surface area contributed by atoms with E-state index in [1.165, 1.54) is 0 Å². The van der Waals surface area contributed by atoms with Crippen LogP contribution < -0.4 is 5.32 Å². The van der Waals surface area contributed by atoms with E-state index in [0.717, 1.165) is 38.3 Å². The number of amides is 1. The Morgan fingerprint density at radius 1 is 1.38 bits per heavy atom. The standard InChI is InChI=1S/C18H21N3O3/c22-18(13-4-1-7-19-10-13)20-15-12-21(11-14-5-2-8-23-14)16-6-3-9-24-17(15)16/h1-2,4-5,7-8,10,15-17H,3,6,9,11-12H2,(H,20,22)/t15-,16-,17-/m1/s1. The summed E-state index contributed by atoms with van der Waals surface area (Å²) in [7, 11) is 0. The van der Waals surface area contributed by atoms with Gasteiger partial charge in [0.25, 0.3) is 5.91 Å². The molecular formula is C18H21N3O3. The minimum absolute atomic E-state index is 0.0158. The minimum Gasteiger partial charge on any atom is -0.468 e. The SMILES string of the molecule is O=C(N[C@@H]1CN(Cc2ccco2)[C@@H]2CCCO[C@@H]21)c1cccnc1. The molecule has 0 aromatic carbocycles. The van der Waals surface area contributed by atoms with Crippen LogP contribution in [0.15, 0.2) is 47.3 Å². The normalized spacial score (nSPS) is 26.9. The zero-order valence-corrected chi connectivity index (χ0v) is 13.4. The molecule has 0 spiro atoms. The molecule has 2 aliphatic rings. The highest BCUT2D eigenvalue weighted by Crippen LogP contribution is 2.30. The maximum Gasteiger partial charge on any atom is 0.253 e. The molecule has 4 heterocycles. The predicted molar refractivity (Wildman–Crippen MR) is 87.4 cm³/mol. The van der Waals surface area contributed by atoms with Crippen molar-refractivity contribution in [3.8, 4) is 0 Å². The smallest absolute Gasteiger partial charge is 0.253 e. The number of hydrogen-bond acceptors (Lipinski definition) is 5. The molecule has 2 fully saturated rings. The molecule has 6 heteroatoms. The highest BCUT2D eigenvalue weighted by Gasteiger charge is 2.44. The van der Waals surface area contributed by atoms with E-state index in [0.29, 0.717) is 11.6 Å². The average molecular weight is 327 g/mol. The molecule has 0 radical (unpaired) electrons. The Morgan fingerprint density at radius 3 is 3.12 bits per heavy atom. The van der Waals surface area contributed by atoms with Crippen molar-refractivity contribution in [3.63, 3.8) is 0 Å². The highest BCUT2D eigenvalue weighted by atomic mass is 16.5. The van der Waals surface area contributed by atoms with Gasteiger partial charge in [-0.25, -0.2) is 0 Å². The fourth-order valence-electron chi connectivity index (χ4n) is 3.71. The molecule has 3 atom stereocenters. The minimum atomic E-state index is -0.0964. The van der Waals surface area contributed by atoms with Crippen molar-refractivity contribution in [3.05, 3.63) is 54.2 Å². The number of pyridine rings is 1. The topological polar surface area (TPSA) is 67.6 Å². The number of ether oxygens (including phenoxy) is 1. The summed E-state index contributed by atoms with van der Waals surface area (Å²) in [5, 5.41) is 3.13. The monoisotopic (exact) mass is 327 g/mol. The summed E-state index contributed by atoms with van der Waals surface area (Å²) in [6, 6.07) is 7.74. The van der Waals surface area contributed by atoms with Crippen molar-refractivity contribution >= 4 is 5.91 Å². The molecule has 2 aromatic heterocycles. The van der Waals surface area contributed by atoms with Gasteiger partial charge in [0.1, 0.15) is 5.76 Å². The van der Waals surface area contributed by atoms with Crippen LogP contribution in [0.3, 0.4) is 0 Å². The first-order valence-electron chi connectivity index (χ1n) is 8.40. The number of likely N-dealkylation sites (tertiary alicyclic amines) is 1. The van der Waals surface area contributed by atoms with Crippen LogP contribution >= 0.6 is 0 Å². The van der Waals surface area contributed by atoms with Gasteiger partial charge in [0.15, 0.2) is 0 Å². The molecule has 2 aromatic rings. The van der Waals surface area contributed by atoms with Gasteiger partial charge in [-0.05, 0) is 37.1 Å². The molecule has 24 heavy (non-hydrogen) atoms. The van der Waals surface area contributed by atoms with Crippen LogP contribution in [0.1, 0.15) is 29.0 Å². The Morgan fingerprint density at radius 2 is 2.33 bits per heavy atom. The van der Waals surface area contributed by atoms with Crippen molar-refractivity contribution in [2.45, 2.75) is 37.6 Å². The lowest BCUT2D eigenvalue weighted by Crippen LogP contribution is -2.47. The maximum atomic E-state index is 12.5. The van der Waals surface area contributed by atoms with Gasteiger partial charge in [0.2, 0.25) is 0 Å². The lowest BCUT2D eigenvalue weighted by Gasteiger charge is -2.32. The van der Waals surface area contributed by atoms with Crippen LogP contribution in [-0.4, -0.2) is 47.1 Å². The summed E-state index contributed by atoms with van der Waals surface area (Å²) in [5.74, 6) is 0.847. The molecule has 1 amide bonds. The molecule has 4 rings (SSSR count). The van der Waals surface area contributed by atoms with E-state index in [-0.39, 0.29) is 18.1 Å². The first kappa shape index (κ1) is 15.4. The molecular weight excluding hydrogens is 306 g/mol. The number of carbonyl (C=O) groups is 1. The van der Waals surface area contributed by atoms with Crippen LogP contribution in [0.5, 0.6) is 0 Å². The van der Waals surface area contributed by atoms with Crippen molar-refractivity contribution in [1.82, 2.24) is 15.2 Å². The van der Waals surface area contributed by atoms with Crippen molar-refractivity contribution in [2.75, 3.05) is 13.2 Å². The van der Waals surface area contributed by atoms with E-state index in [2.05, 4.69) is 15.2 Å². The third-order valence-corrected chi connectivity index (χ3v) is 4.81. The van der Waals surface area contributed by atoms with Gasteiger partial charge < -0.3 is 14.5 Å². The molecule has 0 bridgehead atoms. The van der Waals surface area contributed by atoms with Gasteiger partial charge in [-0.1, -0.05) is 0 Å². The zero-order chi connectivity index (χ0) is 16.4. The second-order valence-electron chi connectivity index (χ2n) is 6.38. The van der Waals surface area contributed by atoms with E-state index in [1.807, 2.05) is 12.1 Å². The number of carbonyl (C=O) groups excluding carboxylic acids is 1. The number of fused-ring (bicyclic) bond motifs is 1. The summed E-state index contributed by atoms with van der Waals surface area (Å²) in [4.78, 5) is 18.8. The van der Waals surface area contributed by atoms with Gasteiger partial charge in [0, 0.05) is 31.6 Å². The number of nitrogens with one attached hydrogen (secondary N) is 1. The van der Waals surface area contributed by atoms with E-state index in [1.54, 1.807) is 30.8 Å². The predicted octanol–water partition coefficient (Wildman–Crippen LogP) is 1.84. The Kier molecular flexibility index (Phi) is 4.32. The fourth-order valence-corrected chi connectivity index (χ4v) is 3.71. The first-order chi connectivity index (χ1) is 11.8. The van der Waals surface area contributed by atoms with Gasteiger partial charge >= 0.3 is 0 Å². The van der Waals surface area contributed by atoms with Gasteiger partial charge in [-0.15, -0.1) is 0 Å². The third kappa shape index (κ3) is 3.07. The van der Waals surface area contributed by atoms with Gasteiger partial charge in [0.05, 0.1) is 30.5 Å². The molecule has 0 aliphatic carbocycles. The van der Waals surface area contributed by atoms with Gasteiger partial charge in [-0.2, -0.15) is 0 Å². The lowest BCUT2D eigenvalue weighted by molar-refractivity contribution is -0.0219. The number of furan rings is 1. The van der Waals surface area contributed by atoms with Crippen LogP contribution in [0.4, 0.5) is 0 Å². The molecule has 126 valence electrons. The maximum absolute atomic E-state index is 12.5. The highest BCUT2D eigenvalue weighted by molar-refractivity contribution is 5.94. The largest absolute Gasteiger partial charge is 0.468 e. The summed E-state index contributed by atoms with van der Waals surface area (Å²) in [6.07, 6.45) is 7.13. The van der Waals surface area contributed by atoms with Crippen LogP contribution in [0.25, 0.3) is 0 Å². The van der Waals surface area contributed by atoms with E-state index < -0.39 is 0 Å².